The van der Waals surface area contributed by atoms with Gasteiger partial charge in [0.05, 0.1) is 0 Å². The summed E-state index contributed by atoms with van der Waals surface area (Å²) in [6, 6.07) is 17.7. The first-order valence-electron chi connectivity index (χ1n) is 13.2. The molecule has 0 amide bonds. The van der Waals surface area contributed by atoms with E-state index in [0.717, 1.165) is 36.3 Å². The fraction of sp³-hybridized carbons (Fsp3) is 0.364. The Morgan fingerprint density at radius 2 is 0.811 bits per heavy atom. The third kappa shape index (κ3) is 21.1. The second-order valence-electron chi connectivity index (χ2n) is 8.12. The van der Waals surface area contributed by atoms with Crippen molar-refractivity contribution >= 4 is 18.2 Å². The smallest absolute Gasteiger partial charge is 0.351 e. The topological polar surface area (TPSA) is 38.7 Å². The van der Waals surface area contributed by atoms with Gasteiger partial charge in [0, 0.05) is 18.6 Å². The Morgan fingerprint density at radius 3 is 1.03 bits per heavy atom. The van der Waals surface area contributed by atoms with Crippen molar-refractivity contribution in [3.8, 4) is 0 Å². The summed E-state index contributed by atoms with van der Waals surface area (Å²) in [5.74, 6) is 0. The number of hydrogen-bond donors (Lipinski definition) is 0. The summed E-state index contributed by atoms with van der Waals surface area (Å²) in [7, 11) is 0. The molecular formula is C33H42IrN3. The van der Waals surface area contributed by atoms with Gasteiger partial charge in [0.2, 0.25) is 0 Å². The Morgan fingerprint density at radius 1 is 0.514 bits per heavy atom. The van der Waals surface area contributed by atoms with Gasteiger partial charge in [-0.15, -0.1) is 37.5 Å². The van der Waals surface area contributed by atoms with Crippen LogP contribution in [-0.2, 0) is 20.1 Å². The summed E-state index contributed by atoms with van der Waals surface area (Å²) < 4.78 is 0. The largest absolute Gasteiger partial charge is 3.00 e. The maximum atomic E-state index is 4.16. The predicted octanol–water partition coefficient (Wildman–Crippen LogP) is 9.26. The molecule has 4 heteroatoms. The van der Waals surface area contributed by atoms with E-state index in [1.165, 1.54) is 38.5 Å². The van der Waals surface area contributed by atoms with Crippen molar-refractivity contribution in [1.82, 2.24) is 15.0 Å². The quantitative estimate of drug-likeness (QED) is 0.142. The molecule has 0 spiro atoms. The standard InChI is InChI=1S/3C11H14N.Ir/c3*1-2-3-4-5-8-11-9-6-7-10-12-11;/h3*6-10H,2-4H2,1H3;/q3*-1;+3. The first-order valence-corrected chi connectivity index (χ1v) is 13.2. The van der Waals surface area contributed by atoms with Gasteiger partial charge in [-0.2, -0.15) is 0 Å². The summed E-state index contributed by atoms with van der Waals surface area (Å²) in [6.45, 7) is 6.55. The Kier molecular flexibility index (Phi) is 24.5. The van der Waals surface area contributed by atoms with E-state index in [1.807, 2.05) is 72.8 Å². The van der Waals surface area contributed by atoms with Gasteiger partial charge < -0.3 is 15.0 Å². The van der Waals surface area contributed by atoms with Gasteiger partial charge >= 0.3 is 20.1 Å². The SMILES string of the molecule is CCCC[C-]=Cc1ccccn1.CCCC[C-]=Cc1ccccn1.CCCC[C-]=Cc1ccccn1.[Ir+3]. The third-order valence-electron chi connectivity index (χ3n) is 4.84. The molecule has 3 nitrogen and oxygen atoms in total. The Bertz CT molecular complexity index is 812. The molecule has 0 aliphatic heterocycles. The third-order valence-corrected chi connectivity index (χ3v) is 4.84. The first-order chi connectivity index (χ1) is 17.8. The van der Waals surface area contributed by atoms with Crippen LogP contribution in [-0.4, -0.2) is 15.0 Å². The molecule has 0 unspecified atom stereocenters. The van der Waals surface area contributed by atoms with E-state index in [2.05, 4.69) is 54.0 Å². The monoisotopic (exact) mass is 673 g/mol. The zero-order valence-corrected chi connectivity index (χ0v) is 25.1. The van der Waals surface area contributed by atoms with Gasteiger partial charge in [-0.1, -0.05) is 94.6 Å². The van der Waals surface area contributed by atoms with Crippen LogP contribution in [0.25, 0.3) is 18.2 Å². The van der Waals surface area contributed by atoms with Crippen molar-refractivity contribution in [2.24, 2.45) is 0 Å². The number of hydrogen-bond acceptors (Lipinski definition) is 3. The number of unbranched alkanes of at least 4 members (excludes halogenated alkanes) is 6. The fourth-order valence-electron chi connectivity index (χ4n) is 2.75. The van der Waals surface area contributed by atoms with Crippen LogP contribution in [0.1, 0.15) is 95.6 Å². The van der Waals surface area contributed by atoms with Crippen LogP contribution < -0.4 is 0 Å². The van der Waals surface area contributed by atoms with E-state index in [1.54, 1.807) is 18.6 Å². The summed E-state index contributed by atoms with van der Waals surface area (Å²) in [5.41, 5.74) is 2.98. The van der Waals surface area contributed by atoms with Crippen LogP contribution in [0, 0.1) is 18.2 Å². The van der Waals surface area contributed by atoms with E-state index < -0.39 is 0 Å². The van der Waals surface area contributed by atoms with Crippen molar-refractivity contribution < 1.29 is 20.1 Å². The maximum Gasteiger partial charge on any atom is 3.00 e. The van der Waals surface area contributed by atoms with Crippen molar-refractivity contribution in [1.29, 1.82) is 0 Å². The second-order valence-corrected chi connectivity index (χ2v) is 8.12. The molecule has 198 valence electrons. The predicted molar refractivity (Wildman–Crippen MR) is 154 cm³/mol. The average molecular weight is 673 g/mol. The molecule has 0 bridgehead atoms. The summed E-state index contributed by atoms with van der Waals surface area (Å²) >= 11 is 0. The van der Waals surface area contributed by atoms with Crippen LogP contribution in [0.3, 0.4) is 0 Å². The van der Waals surface area contributed by atoms with Crippen molar-refractivity contribution in [2.45, 2.75) is 78.6 Å². The van der Waals surface area contributed by atoms with Gasteiger partial charge in [0.1, 0.15) is 0 Å². The summed E-state index contributed by atoms with van der Waals surface area (Å²) in [6.07, 6.45) is 31.3. The summed E-state index contributed by atoms with van der Waals surface area (Å²) in [5, 5.41) is 0. The number of rotatable bonds is 12. The van der Waals surface area contributed by atoms with Crippen molar-refractivity contribution in [3.05, 3.63) is 108 Å². The fourth-order valence-corrected chi connectivity index (χ4v) is 2.75. The molecule has 3 aromatic heterocycles. The van der Waals surface area contributed by atoms with Crippen LogP contribution in [0.5, 0.6) is 0 Å². The molecule has 3 aromatic rings. The van der Waals surface area contributed by atoms with E-state index in [4.69, 9.17) is 0 Å². The van der Waals surface area contributed by atoms with Crippen LogP contribution in [0.15, 0.2) is 73.2 Å². The zero-order valence-electron chi connectivity index (χ0n) is 22.7. The molecule has 3 rings (SSSR count). The molecular weight excluding hydrogens is 631 g/mol. The molecule has 0 saturated heterocycles. The molecule has 0 fully saturated rings. The maximum absolute atomic E-state index is 4.16. The van der Waals surface area contributed by atoms with Crippen LogP contribution in [0.4, 0.5) is 0 Å². The van der Waals surface area contributed by atoms with Gasteiger partial charge in [0.25, 0.3) is 0 Å². The number of nitrogens with zero attached hydrogens (tertiary/aromatic N) is 3. The molecule has 0 aliphatic carbocycles. The van der Waals surface area contributed by atoms with E-state index in [0.29, 0.717) is 0 Å². The Hall–Kier alpha value is -2.68. The normalized spacial score (nSPS) is 10.5. The number of allylic oxidation sites excluding steroid dienone is 3. The van der Waals surface area contributed by atoms with Crippen molar-refractivity contribution in [3.63, 3.8) is 0 Å². The molecule has 0 radical (unpaired) electrons. The minimum Gasteiger partial charge on any atom is -0.351 e. The van der Waals surface area contributed by atoms with E-state index in [-0.39, 0.29) is 20.1 Å². The van der Waals surface area contributed by atoms with Gasteiger partial charge in [-0.3, -0.25) is 18.2 Å². The average Bonchev–Trinajstić information content (AvgIpc) is 2.94. The molecule has 37 heavy (non-hydrogen) atoms. The first kappa shape index (κ1) is 34.3. The summed E-state index contributed by atoms with van der Waals surface area (Å²) in [4.78, 5) is 12.5. The number of aromatic nitrogens is 3. The minimum atomic E-state index is 0. The zero-order chi connectivity index (χ0) is 25.9. The second kappa shape index (κ2) is 26.4. The molecule has 0 aromatic carbocycles. The van der Waals surface area contributed by atoms with E-state index in [9.17, 15) is 0 Å². The van der Waals surface area contributed by atoms with Gasteiger partial charge in [-0.25, -0.2) is 18.2 Å². The molecule has 3 heterocycles. The number of pyridine rings is 3. The molecule has 0 saturated carbocycles. The molecule has 0 atom stereocenters. The molecule has 0 N–H and O–H groups in total. The minimum absolute atomic E-state index is 0. The Balaban J connectivity index is 0.000000518. The van der Waals surface area contributed by atoms with Gasteiger partial charge in [-0.05, 0) is 18.2 Å². The van der Waals surface area contributed by atoms with Crippen LogP contribution in [0.2, 0.25) is 0 Å². The van der Waals surface area contributed by atoms with Crippen LogP contribution >= 0.6 is 0 Å². The molecule has 0 aliphatic rings. The van der Waals surface area contributed by atoms with Crippen molar-refractivity contribution in [2.75, 3.05) is 0 Å². The van der Waals surface area contributed by atoms with Gasteiger partial charge in [0.15, 0.2) is 0 Å². The van der Waals surface area contributed by atoms with E-state index >= 15 is 0 Å². The Labute approximate surface area is 239 Å².